The van der Waals surface area contributed by atoms with Crippen molar-refractivity contribution in [3.63, 3.8) is 0 Å². The number of hydrogen-bond acceptors (Lipinski definition) is 5. The summed E-state index contributed by atoms with van der Waals surface area (Å²) in [6, 6.07) is 13.2. The molecule has 1 N–H and O–H groups in total. The van der Waals surface area contributed by atoms with Gasteiger partial charge in [-0.1, -0.05) is 0 Å². The topological polar surface area (TPSA) is 71.1 Å². The Hall–Kier alpha value is -3.13. The molecule has 1 saturated heterocycles. The Morgan fingerprint density at radius 3 is 2.43 bits per heavy atom. The van der Waals surface area contributed by atoms with Gasteiger partial charge in [0.1, 0.15) is 11.6 Å². The van der Waals surface area contributed by atoms with Crippen LogP contribution in [0.3, 0.4) is 0 Å². The summed E-state index contributed by atoms with van der Waals surface area (Å²) in [7, 11) is 1.57. The van der Waals surface area contributed by atoms with Crippen LogP contribution in [0.1, 0.15) is 6.42 Å². The molecule has 7 nitrogen and oxygen atoms in total. The van der Waals surface area contributed by atoms with Gasteiger partial charge in [-0.3, -0.25) is 9.59 Å². The molecule has 30 heavy (non-hydrogen) atoms. The lowest BCUT2D eigenvalue weighted by molar-refractivity contribution is -0.133. The lowest BCUT2D eigenvalue weighted by Crippen LogP contribution is -2.36. The average molecular weight is 415 g/mol. The van der Waals surface area contributed by atoms with Gasteiger partial charge in [0.25, 0.3) is 0 Å². The molecule has 0 radical (unpaired) electrons. The Morgan fingerprint density at radius 1 is 1.10 bits per heavy atom. The molecule has 0 unspecified atom stereocenters. The predicted octanol–water partition coefficient (Wildman–Crippen LogP) is 2.53. The minimum atomic E-state index is -0.347. The number of ether oxygens (including phenoxy) is 2. The van der Waals surface area contributed by atoms with E-state index in [1.807, 2.05) is 24.3 Å². The molecule has 0 spiro atoms. The molecular weight excluding hydrogens is 389 g/mol. The standard InChI is InChI=1S/C22H26FN3O4/c1-25(22(28)10-13-30-20-8-2-17(23)3-9-20)16-21(27)24-18-4-6-19(7-5-18)26-11-14-29-15-12-26/h2-9H,10-16H2,1H3,(H,24,27). The van der Waals surface area contributed by atoms with E-state index in [0.717, 1.165) is 18.8 Å². The van der Waals surface area contributed by atoms with Crippen LogP contribution in [0.15, 0.2) is 48.5 Å². The van der Waals surface area contributed by atoms with Gasteiger partial charge in [-0.2, -0.15) is 0 Å². The second-order valence-electron chi connectivity index (χ2n) is 7.00. The first-order valence-electron chi connectivity index (χ1n) is 9.86. The maximum absolute atomic E-state index is 12.9. The molecule has 0 aliphatic carbocycles. The van der Waals surface area contributed by atoms with Crippen LogP contribution in [-0.2, 0) is 14.3 Å². The smallest absolute Gasteiger partial charge is 0.243 e. The molecule has 2 aromatic carbocycles. The summed E-state index contributed by atoms with van der Waals surface area (Å²) in [5.41, 5.74) is 1.77. The molecule has 1 heterocycles. The van der Waals surface area contributed by atoms with Crippen molar-refractivity contribution >= 4 is 23.2 Å². The molecule has 1 fully saturated rings. The van der Waals surface area contributed by atoms with Gasteiger partial charge in [0.2, 0.25) is 11.8 Å². The van der Waals surface area contributed by atoms with Crippen molar-refractivity contribution in [3.05, 3.63) is 54.3 Å². The minimum Gasteiger partial charge on any atom is -0.493 e. The number of anilines is 2. The van der Waals surface area contributed by atoms with Crippen LogP contribution in [0, 0.1) is 5.82 Å². The van der Waals surface area contributed by atoms with Gasteiger partial charge >= 0.3 is 0 Å². The summed E-state index contributed by atoms with van der Waals surface area (Å²) < 4.78 is 23.6. The van der Waals surface area contributed by atoms with E-state index in [9.17, 15) is 14.0 Å². The Bertz CT molecular complexity index is 836. The van der Waals surface area contributed by atoms with Gasteiger partial charge in [0.05, 0.1) is 32.8 Å². The highest BCUT2D eigenvalue weighted by atomic mass is 19.1. The van der Waals surface area contributed by atoms with E-state index in [2.05, 4.69) is 10.2 Å². The van der Waals surface area contributed by atoms with Crippen molar-refractivity contribution in [2.45, 2.75) is 6.42 Å². The number of amides is 2. The van der Waals surface area contributed by atoms with E-state index in [-0.39, 0.29) is 37.2 Å². The molecule has 1 aliphatic rings. The van der Waals surface area contributed by atoms with Crippen LogP contribution in [0.25, 0.3) is 0 Å². The maximum Gasteiger partial charge on any atom is 0.243 e. The van der Waals surface area contributed by atoms with E-state index < -0.39 is 0 Å². The number of rotatable bonds is 8. The highest BCUT2D eigenvalue weighted by Gasteiger charge is 2.14. The number of nitrogens with zero attached hydrogens (tertiary/aromatic N) is 2. The number of halogens is 1. The summed E-state index contributed by atoms with van der Waals surface area (Å²) in [6.07, 6.45) is 0.120. The predicted molar refractivity (Wildman–Crippen MR) is 112 cm³/mol. The first kappa shape index (κ1) is 21.6. The fourth-order valence-corrected chi connectivity index (χ4v) is 3.06. The van der Waals surface area contributed by atoms with E-state index in [1.165, 1.54) is 29.2 Å². The van der Waals surface area contributed by atoms with Crippen LogP contribution >= 0.6 is 0 Å². The van der Waals surface area contributed by atoms with E-state index in [0.29, 0.717) is 24.7 Å². The SMILES string of the molecule is CN(CC(=O)Nc1ccc(N2CCOCC2)cc1)C(=O)CCOc1ccc(F)cc1. The third-order valence-electron chi connectivity index (χ3n) is 4.73. The third kappa shape index (κ3) is 6.45. The molecule has 2 amide bonds. The van der Waals surface area contributed by atoms with Crippen LogP contribution in [-0.4, -0.2) is 63.2 Å². The number of morpholine rings is 1. The number of carbonyl (C=O) groups is 2. The molecule has 8 heteroatoms. The van der Waals surface area contributed by atoms with Crippen molar-refractivity contribution in [3.8, 4) is 5.75 Å². The van der Waals surface area contributed by atoms with E-state index in [1.54, 1.807) is 7.05 Å². The quantitative estimate of drug-likeness (QED) is 0.718. The van der Waals surface area contributed by atoms with Gasteiger partial charge in [0, 0.05) is 31.5 Å². The number of benzene rings is 2. The van der Waals surface area contributed by atoms with E-state index in [4.69, 9.17) is 9.47 Å². The first-order chi connectivity index (χ1) is 14.5. The monoisotopic (exact) mass is 415 g/mol. The Labute approximate surface area is 175 Å². The number of carbonyl (C=O) groups excluding carboxylic acids is 2. The highest BCUT2D eigenvalue weighted by Crippen LogP contribution is 2.19. The van der Waals surface area contributed by atoms with Crippen LogP contribution in [0.2, 0.25) is 0 Å². The van der Waals surface area contributed by atoms with Crippen LogP contribution in [0.5, 0.6) is 5.75 Å². The van der Waals surface area contributed by atoms with Crippen molar-refractivity contribution in [2.24, 2.45) is 0 Å². The molecular formula is C22H26FN3O4. The first-order valence-corrected chi connectivity index (χ1v) is 9.86. The zero-order valence-corrected chi connectivity index (χ0v) is 17.0. The van der Waals surface area contributed by atoms with Crippen molar-refractivity contribution in [2.75, 3.05) is 56.7 Å². The molecule has 0 atom stereocenters. The summed E-state index contributed by atoms with van der Waals surface area (Å²) in [5, 5.41) is 2.80. The van der Waals surface area contributed by atoms with Gasteiger partial charge < -0.3 is 24.6 Å². The minimum absolute atomic E-state index is 0.0550. The number of hydrogen-bond donors (Lipinski definition) is 1. The average Bonchev–Trinajstić information content (AvgIpc) is 2.76. The summed E-state index contributed by atoms with van der Waals surface area (Å²) in [4.78, 5) is 28.0. The second kappa shape index (κ2) is 10.6. The zero-order valence-electron chi connectivity index (χ0n) is 17.0. The molecule has 2 aromatic rings. The summed E-state index contributed by atoms with van der Waals surface area (Å²) >= 11 is 0. The largest absolute Gasteiger partial charge is 0.493 e. The van der Waals surface area contributed by atoms with Gasteiger partial charge in [-0.15, -0.1) is 0 Å². The fraction of sp³-hybridized carbons (Fsp3) is 0.364. The molecule has 0 aromatic heterocycles. The van der Waals surface area contributed by atoms with Gasteiger partial charge in [0.15, 0.2) is 0 Å². The van der Waals surface area contributed by atoms with Crippen molar-refractivity contribution in [1.29, 1.82) is 0 Å². The lowest BCUT2D eigenvalue weighted by atomic mass is 10.2. The molecule has 0 saturated carbocycles. The zero-order chi connectivity index (χ0) is 21.3. The number of nitrogens with one attached hydrogen (secondary N) is 1. The fourth-order valence-electron chi connectivity index (χ4n) is 3.06. The molecule has 0 bridgehead atoms. The molecule has 3 rings (SSSR count). The highest BCUT2D eigenvalue weighted by molar-refractivity contribution is 5.94. The van der Waals surface area contributed by atoms with Crippen molar-refractivity contribution < 1.29 is 23.5 Å². The van der Waals surface area contributed by atoms with Gasteiger partial charge in [-0.25, -0.2) is 4.39 Å². The molecule has 1 aliphatic heterocycles. The van der Waals surface area contributed by atoms with Crippen LogP contribution < -0.4 is 15.0 Å². The lowest BCUT2D eigenvalue weighted by Gasteiger charge is -2.28. The Balaban J connectivity index is 1.39. The van der Waals surface area contributed by atoms with E-state index >= 15 is 0 Å². The Morgan fingerprint density at radius 2 is 1.77 bits per heavy atom. The Kier molecular flexibility index (Phi) is 7.62. The summed E-state index contributed by atoms with van der Waals surface area (Å²) in [6.45, 7) is 3.23. The van der Waals surface area contributed by atoms with Gasteiger partial charge in [-0.05, 0) is 48.5 Å². The normalized spacial score (nSPS) is 13.6. The number of likely N-dealkylation sites (N-methyl/N-ethyl adjacent to an activating group) is 1. The maximum atomic E-state index is 12.9. The third-order valence-corrected chi connectivity index (χ3v) is 4.73. The van der Waals surface area contributed by atoms with Crippen LogP contribution in [0.4, 0.5) is 15.8 Å². The molecule has 160 valence electrons. The second-order valence-corrected chi connectivity index (χ2v) is 7.00. The van der Waals surface area contributed by atoms with Crippen molar-refractivity contribution in [1.82, 2.24) is 4.90 Å². The summed E-state index contributed by atoms with van der Waals surface area (Å²) in [5.74, 6) is -0.343.